The van der Waals surface area contributed by atoms with Gasteiger partial charge >= 0.3 is 0 Å². The summed E-state index contributed by atoms with van der Waals surface area (Å²) in [5.74, 6) is 2.00. The van der Waals surface area contributed by atoms with Crippen molar-refractivity contribution in [3.8, 4) is 11.5 Å². The molecular weight excluding hydrogens is 318 g/mol. The third-order valence-electron chi connectivity index (χ3n) is 4.53. The normalized spacial score (nSPS) is 15.1. The standard InChI is InChI=1S/C20H23NO4/c1-5-21(6-2)11-15-16(22)9-12(3)18-19(23)17(25-20(15)18)10-14-8-7-13(4)24-14/h7-10,22H,5-6,11H2,1-4H3/b17-10-. The lowest BCUT2D eigenvalue weighted by atomic mass is 9.99. The zero-order valence-corrected chi connectivity index (χ0v) is 15.0. The Morgan fingerprint density at radius 1 is 1.20 bits per heavy atom. The van der Waals surface area contributed by atoms with Crippen LogP contribution in [0.1, 0.15) is 46.9 Å². The number of ketones is 1. The fraction of sp³-hybridized carbons (Fsp3) is 0.350. The van der Waals surface area contributed by atoms with E-state index in [2.05, 4.69) is 18.7 Å². The first-order chi connectivity index (χ1) is 11.9. The number of carbonyl (C=O) groups is 1. The van der Waals surface area contributed by atoms with Crippen molar-refractivity contribution in [2.24, 2.45) is 0 Å². The van der Waals surface area contributed by atoms with E-state index in [1.165, 1.54) is 0 Å². The molecule has 132 valence electrons. The van der Waals surface area contributed by atoms with Gasteiger partial charge in [0.15, 0.2) is 5.76 Å². The van der Waals surface area contributed by atoms with Gasteiger partial charge in [0.05, 0.1) is 11.1 Å². The molecule has 0 amide bonds. The van der Waals surface area contributed by atoms with E-state index in [0.717, 1.165) is 18.8 Å². The number of hydrogen-bond donors (Lipinski definition) is 1. The zero-order valence-electron chi connectivity index (χ0n) is 15.0. The van der Waals surface area contributed by atoms with Gasteiger partial charge in [0.25, 0.3) is 0 Å². The fourth-order valence-electron chi connectivity index (χ4n) is 3.06. The smallest absolute Gasteiger partial charge is 0.232 e. The van der Waals surface area contributed by atoms with Crippen molar-refractivity contribution in [2.45, 2.75) is 34.2 Å². The molecule has 0 atom stereocenters. The van der Waals surface area contributed by atoms with Crippen LogP contribution in [0.5, 0.6) is 11.5 Å². The molecule has 0 fully saturated rings. The molecule has 1 N–H and O–H groups in total. The summed E-state index contributed by atoms with van der Waals surface area (Å²) in [4.78, 5) is 14.9. The van der Waals surface area contributed by atoms with Crippen LogP contribution >= 0.6 is 0 Å². The fourth-order valence-corrected chi connectivity index (χ4v) is 3.06. The number of hydrogen-bond acceptors (Lipinski definition) is 5. The number of furan rings is 1. The number of ether oxygens (including phenoxy) is 1. The van der Waals surface area contributed by atoms with Gasteiger partial charge in [0.2, 0.25) is 5.78 Å². The first-order valence-electron chi connectivity index (χ1n) is 8.53. The van der Waals surface area contributed by atoms with Gasteiger partial charge in [-0.3, -0.25) is 9.69 Å². The van der Waals surface area contributed by atoms with E-state index in [1.807, 2.05) is 13.0 Å². The second kappa shape index (κ2) is 6.76. The van der Waals surface area contributed by atoms with Gasteiger partial charge in [-0.2, -0.15) is 0 Å². The van der Waals surface area contributed by atoms with E-state index in [0.29, 0.717) is 34.7 Å². The molecule has 3 rings (SSSR count). The summed E-state index contributed by atoms with van der Waals surface area (Å²) in [6.07, 6.45) is 1.60. The maximum Gasteiger partial charge on any atom is 0.232 e. The largest absolute Gasteiger partial charge is 0.507 e. The lowest BCUT2D eigenvalue weighted by Gasteiger charge is -2.20. The third-order valence-corrected chi connectivity index (χ3v) is 4.53. The highest BCUT2D eigenvalue weighted by molar-refractivity contribution is 6.15. The van der Waals surface area contributed by atoms with Gasteiger partial charge in [0, 0.05) is 12.6 Å². The predicted molar refractivity (Wildman–Crippen MR) is 95.8 cm³/mol. The number of phenols is 1. The molecule has 0 unspecified atom stereocenters. The average Bonchev–Trinajstić information content (AvgIpc) is 3.12. The van der Waals surface area contributed by atoms with Gasteiger partial charge in [-0.1, -0.05) is 13.8 Å². The summed E-state index contributed by atoms with van der Waals surface area (Å²) >= 11 is 0. The Labute approximate surface area is 147 Å². The molecule has 25 heavy (non-hydrogen) atoms. The molecule has 0 saturated carbocycles. The van der Waals surface area contributed by atoms with E-state index < -0.39 is 0 Å². The van der Waals surface area contributed by atoms with Crippen molar-refractivity contribution in [3.63, 3.8) is 0 Å². The van der Waals surface area contributed by atoms with Crippen LogP contribution in [0.2, 0.25) is 0 Å². The van der Waals surface area contributed by atoms with Gasteiger partial charge in [-0.05, 0) is 50.7 Å². The minimum atomic E-state index is -0.178. The zero-order chi connectivity index (χ0) is 18.1. The first kappa shape index (κ1) is 17.3. The predicted octanol–water partition coefficient (Wildman–Crippen LogP) is 4.06. The van der Waals surface area contributed by atoms with Gasteiger partial charge in [0.1, 0.15) is 23.0 Å². The second-order valence-electron chi connectivity index (χ2n) is 6.24. The highest BCUT2D eigenvalue weighted by atomic mass is 16.5. The molecule has 1 aromatic heterocycles. The molecule has 0 saturated heterocycles. The number of rotatable bonds is 5. The van der Waals surface area contributed by atoms with Crippen LogP contribution in [0, 0.1) is 13.8 Å². The van der Waals surface area contributed by atoms with Crippen LogP contribution in [0.25, 0.3) is 6.08 Å². The third kappa shape index (κ3) is 3.20. The Kier molecular flexibility index (Phi) is 4.68. The van der Waals surface area contributed by atoms with Crippen molar-refractivity contribution < 1.29 is 19.1 Å². The topological polar surface area (TPSA) is 62.9 Å². The number of fused-ring (bicyclic) bond motifs is 1. The molecule has 0 spiro atoms. The Morgan fingerprint density at radius 2 is 1.92 bits per heavy atom. The van der Waals surface area contributed by atoms with Crippen molar-refractivity contribution in [3.05, 3.63) is 52.2 Å². The molecule has 2 heterocycles. The monoisotopic (exact) mass is 341 g/mol. The molecule has 0 bridgehead atoms. The highest BCUT2D eigenvalue weighted by Crippen LogP contribution is 2.42. The number of aryl methyl sites for hydroxylation is 2. The quantitative estimate of drug-likeness (QED) is 0.831. The maximum atomic E-state index is 12.8. The highest BCUT2D eigenvalue weighted by Gasteiger charge is 2.33. The molecule has 1 aliphatic rings. The maximum absolute atomic E-state index is 12.8. The van der Waals surface area contributed by atoms with Crippen LogP contribution in [0.3, 0.4) is 0 Å². The summed E-state index contributed by atoms with van der Waals surface area (Å²) in [7, 11) is 0. The number of carbonyl (C=O) groups excluding carboxylic acids is 1. The second-order valence-corrected chi connectivity index (χ2v) is 6.24. The van der Waals surface area contributed by atoms with E-state index in [4.69, 9.17) is 9.15 Å². The number of allylic oxidation sites excluding steroid dienone is 1. The molecule has 1 aromatic carbocycles. The van der Waals surface area contributed by atoms with E-state index in [-0.39, 0.29) is 17.3 Å². The van der Waals surface area contributed by atoms with E-state index in [9.17, 15) is 9.90 Å². The van der Waals surface area contributed by atoms with Crippen molar-refractivity contribution in [1.29, 1.82) is 0 Å². The first-order valence-corrected chi connectivity index (χ1v) is 8.53. The molecule has 0 aliphatic carbocycles. The summed E-state index contributed by atoms with van der Waals surface area (Å²) in [5, 5.41) is 10.4. The average molecular weight is 341 g/mol. The number of aromatic hydroxyl groups is 1. The van der Waals surface area contributed by atoms with Crippen LogP contribution in [-0.4, -0.2) is 28.9 Å². The summed E-state index contributed by atoms with van der Waals surface area (Å²) in [6, 6.07) is 5.27. The molecule has 2 aromatic rings. The Morgan fingerprint density at radius 3 is 2.52 bits per heavy atom. The minimum absolute atomic E-state index is 0.158. The molecule has 5 heteroatoms. The Balaban J connectivity index is 2.03. The SMILES string of the molecule is CCN(CC)Cc1c(O)cc(C)c2c1O/C(=C\c1ccc(C)o1)C2=O. The van der Waals surface area contributed by atoms with Gasteiger partial charge in [-0.25, -0.2) is 0 Å². The number of nitrogens with zero attached hydrogens (tertiary/aromatic N) is 1. The Hall–Kier alpha value is -2.53. The van der Waals surface area contributed by atoms with Crippen LogP contribution in [0.15, 0.2) is 28.4 Å². The number of Topliss-reactive ketones (excluding diaryl/α,β-unsaturated/α-hetero) is 1. The van der Waals surface area contributed by atoms with Crippen LogP contribution in [0.4, 0.5) is 0 Å². The van der Waals surface area contributed by atoms with Crippen molar-refractivity contribution >= 4 is 11.9 Å². The molecular formula is C20H23NO4. The van der Waals surface area contributed by atoms with Crippen molar-refractivity contribution in [1.82, 2.24) is 4.90 Å². The van der Waals surface area contributed by atoms with Gasteiger partial charge in [-0.15, -0.1) is 0 Å². The lowest BCUT2D eigenvalue weighted by molar-refractivity contribution is 0.101. The van der Waals surface area contributed by atoms with Gasteiger partial charge < -0.3 is 14.3 Å². The molecule has 0 radical (unpaired) electrons. The number of benzene rings is 1. The summed E-state index contributed by atoms with van der Waals surface area (Å²) in [6.45, 7) is 10.0. The molecule has 1 aliphatic heterocycles. The number of phenolic OH excluding ortho intramolecular Hbond substituents is 1. The van der Waals surface area contributed by atoms with E-state index in [1.54, 1.807) is 25.1 Å². The van der Waals surface area contributed by atoms with E-state index >= 15 is 0 Å². The summed E-state index contributed by atoms with van der Waals surface area (Å²) < 4.78 is 11.4. The van der Waals surface area contributed by atoms with Crippen molar-refractivity contribution in [2.75, 3.05) is 13.1 Å². The van der Waals surface area contributed by atoms with Crippen LogP contribution < -0.4 is 4.74 Å². The summed E-state index contributed by atoms with van der Waals surface area (Å²) in [5.41, 5.74) is 1.88. The lowest BCUT2D eigenvalue weighted by Crippen LogP contribution is -2.22. The Bertz CT molecular complexity index is 844. The molecule has 5 nitrogen and oxygen atoms in total. The van der Waals surface area contributed by atoms with Crippen LogP contribution in [-0.2, 0) is 6.54 Å². The minimum Gasteiger partial charge on any atom is -0.507 e.